The fourth-order valence-corrected chi connectivity index (χ4v) is 1.73. The number of rotatable bonds is 4. The highest BCUT2D eigenvalue weighted by molar-refractivity contribution is 5.77. The van der Waals surface area contributed by atoms with Crippen molar-refractivity contribution in [3.63, 3.8) is 0 Å². The summed E-state index contributed by atoms with van der Waals surface area (Å²) in [5.74, 6) is -0.640. The molecule has 1 aliphatic heterocycles. The van der Waals surface area contributed by atoms with E-state index in [9.17, 15) is 9.59 Å². The summed E-state index contributed by atoms with van der Waals surface area (Å²) in [4.78, 5) is 23.9. The smallest absolute Gasteiger partial charge is 0.317 e. The minimum absolute atomic E-state index is 0.135. The van der Waals surface area contributed by atoms with Gasteiger partial charge in [-0.25, -0.2) is 4.79 Å². The highest BCUT2D eigenvalue weighted by Crippen LogP contribution is 2.16. The first kappa shape index (κ1) is 12.8. The third kappa shape index (κ3) is 3.72. The number of amides is 2. The number of carbonyl (C=O) groups is 2. The predicted octanol–water partition coefficient (Wildman–Crippen LogP) is 1.15. The third-order valence-electron chi connectivity index (χ3n) is 2.82. The van der Waals surface area contributed by atoms with Crippen molar-refractivity contribution in [1.82, 2.24) is 10.2 Å². The van der Waals surface area contributed by atoms with Gasteiger partial charge in [0, 0.05) is 19.6 Å². The van der Waals surface area contributed by atoms with E-state index in [0.717, 1.165) is 6.42 Å². The van der Waals surface area contributed by atoms with E-state index >= 15 is 0 Å². The Hall–Kier alpha value is -1.26. The van der Waals surface area contributed by atoms with Crippen LogP contribution in [0.4, 0.5) is 4.79 Å². The maximum atomic E-state index is 11.6. The van der Waals surface area contributed by atoms with Crippen LogP contribution in [0.2, 0.25) is 0 Å². The van der Waals surface area contributed by atoms with Crippen LogP contribution in [0.3, 0.4) is 0 Å². The molecule has 0 aliphatic carbocycles. The van der Waals surface area contributed by atoms with E-state index in [1.807, 2.05) is 0 Å². The number of nitrogens with one attached hydrogen (secondary N) is 1. The molecular weight excluding hydrogens is 208 g/mol. The summed E-state index contributed by atoms with van der Waals surface area (Å²) < 4.78 is 0. The molecule has 16 heavy (non-hydrogen) atoms. The quantitative estimate of drug-likeness (QED) is 0.758. The van der Waals surface area contributed by atoms with Crippen molar-refractivity contribution < 1.29 is 14.7 Å². The lowest BCUT2D eigenvalue weighted by Gasteiger charge is -2.17. The first-order chi connectivity index (χ1) is 7.50. The lowest BCUT2D eigenvalue weighted by Crippen LogP contribution is -2.39. The third-order valence-corrected chi connectivity index (χ3v) is 2.82. The molecule has 2 amide bonds. The van der Waals surface area contributed by atoms with Gasteiger partial charge in [-0.05, 0) is 18.8 Å². The zero-order valence-corrected chi connectivity index (χ0v) is 9.90. The van der Waals surface area contributed by atoms with E-state index in [-0.39, 0.29) is 6.03 Å². The Labute approximate surface area is 95.8 Å². The maximum Gasteiger partial charge on any atom is 0.317 e. The molecule has 1 aliphatic rings. The fraction of sp³-hybridized carbons (Fsp3) is 0.818. The fourth-order valence-electron chi connectivity index (χ4n) is 1.73. The number of carboxylic acid groups (broad SMARTS) is 1. The zero-order chi connectivity index (χ0) is 12.1. The molecule has 2 N–H and O–H groups in total. The van der Waals surface area contributed by atoms with Crippen molar-refractivity contribution in [3.8, 4) is 0 Å². The summed E-state index contributed by atoms with van der Waals surface area (Å²) >= 11 is 0. The van der Waals surface area contributed by atoms with Crippen molar-refractivity contribution in [2.45, 2.75) is 26.7 Å². The van der Waals surface area contributed by atoms with Gasteiger partial charge in [-0.2, -0.15) is 0 Å². The summed E-state index contributed by atoms with van der Waals surface area (Å²) in [6.07, 6.45) is 1.51. The Morgan fingerprint density at radius 2 is 2.19 bits per heavy atom. The van der Waals surface area contributed by atoms with Gasteiger partial charge < -0.3 is 15.3 Å². The van der Waals surface area contributed by atoms with Gasteiger partial charge in [-0.3, -0.25) is 4.79 Å². The number of hydrogen-bond donors (Lipinski definition) is 2. The summed E-state index contributed by atoms with van der Waals surface area (Å²) in [7, 11) is 0. The predicted molar refractivity (Wildman–Crippen MR) is 60.2 cm³/mol. The van der Waals surface area contributed by atoms with Crippen molar-refractivity contribution in [1.29, 1.82) is 0 Å². The first-order valence-electron chi connectivity index (χ1n) is 5.76. The topological polar surface area (TPSA) is 69.6 Å². The molecule has 0 spiro atoms. The second-order valence-corrected chi connectivity index (χ2v) is 4.68. The number of carbonyl (C=O) groups excluding carboxylic acids is 1. The molecule has 1 heterocycles. The Morgan fingerprint density at radius 1 is 1.50 bits per heavy atom. The molecule has 0 aromatic heterocycles. The Kier molecular flexibility index (Phi) is 4.58. The van der Waals surface area contributed by atoms with E-state index in [4.69, 9.17) is 5.11 Å². The van der Waals surface area contributed by atoms with E-state index in [1.165, 1.54) is 0 Å². The van der Waals surface area contributed by atoms with Gasteiger partial charge in [0.15, 0.2) is 0 Å². The molecule has 0 radical (unpaired) electrons. The van der Waals surface area contributed by atoms with Crippen LogP contribution in [0.25, 0.3) is 0 Å². The number of hydrogen-bond acceptors (Lipinski definition) is 2. The normalized spacial score (nSPS) is 20.2. The maximum absolute atomic E-state index is 11.6. The zero-order valence-electron chi connectivity index (χ0n) is 9.90. The summed E-state index contributed by atoms with van der Waals surface area (Å²) in [5, 5.41) is 11.6. The molecule has 0 aromatic rings. The number of carboxylic acids is 1. The number of aliphatic carboxylic acids is 1. The average molecular weight is 228 g/mol. The van der Waals surface area contributed by atoms with Crippen molar-refractivity contribution in [2.24, 2.45) is 11.8 Å². The number of likely N-dealkylation sites (tertiary alicyclic amines) is 1. The molecule has 1 rings (SSSR count). The van der Waals surface area contributed by atoms with E-state index < -0.39 is 11.9 Å². The monoisotopic (exact) mass is 228 g/mol. The first-order valence-corrected chi connectivity index (χ1v) is 5.76. The molecule has 1 atom stereocenters. The molecule has 0 aromatic carbocycles. The minimum Gasteiger partial charge on any atom is -0.481 e. The standard InChI is InChI=1S/C11H20N2O3/c1-8(2)3-5-12-11(16)13-6-4-9(7-13)10(14)15/h8-9H,3-7H2,1-2H3,(H,12,16)(H,14,15). The van der Waals surface area contributed by atoms with Crippen LogP contribution in [-0.2, 0) is 4.79 Å². The van der Waals surface area contributed by atoms with Crippen LogP contribution in [0.1, 0.15) is 26.7 Å². The minimum atomic E-state index is -0.808. The SMILES string of the molecule is CC(C)CCNC(=O)N1CCC(C(=O)O)C1. The van der Waals surface area contributed by atoms with Crippen molar-refractivity contribution >= 4 is 12.0 Å². The molecule has 1 saturated heterocycles. The van der Waals surface area contributed by atoms with Crippen LogP contribution >= 0.6 is 0 Å². The Morgan fingerprint density at radius 3 is 2.69 bits per heavy atom. The molecule has 5 nitrogen and oxygen atoms in total. The van der Waals surface area contributed by atoms with Crippen LogP contribution in [0.5, 0.6) is 0 Å². The van der Waals surface area contributed by atoms with Gasteiger partial charge in [-0.1, -0.05) is 13.8 Å². The van der Waals surface area contributed by atoms with Crippen LogP contribution in [-0.4, -0.2) is 41.6 Å². The molecular formula is C11H20N2O3. The summed E-state index contributed by atoms with van der Waals surface area (Å²) in [6, 6.07) is -0.135. The molecule has 5 heteroatoms. The Bertz CT molecular complexity index is 266. The molecule has 0 bridgehead atoms. The van der Waals surface area contributed by atoms with E-state index in [1.54, 1.807) is 4.90 Å². The molecule has 1 unspecified atom stereocenters. The highest BCUT2D eigenvalue weighted by Gasteiger charge is 2.30. The number of urea groups is 1. The molecule has 1 fully saturated rings. The van der Waals surface area contributed by atoms with Gasteiger partial charge in [-0.15, -0.1) is 0 Å². The average Bonchev–Trinajstić information content (AvgIpc) is 2.65. The largest absolute Gasteiger partial charge is 0.481 e. The molecule has 92 valence electrons. The lowest BCUT2D eigenvalue weighted by molar-refractivity contribution is -0.141. The van der Waals surface area contributed by atoms with Gasteiger partial charge in [0.25, 0.3) is 0 Å². The van der Waals surface area contributed by atoms with Gasteiger partial charge in [0.2, 0.25) is 0 Å². The highest BCUT2D eigenvalue weighted by atomic mass is 16.4. The van der Waals surface area contributed by atoms with Crippen LogP contribution < -0.4 is 5.32 Å². The lowest BCUT2D eigenvalue weighted by atomic mass is 10.1. The van der Waals surface area contributed by atoms with Crippen molar-refractivity contribution in [3.05, 3.63) is 0 Å². The van der Waals surface area contributed by atoms with Crippen molar-refractivity contribution in [2.75, 3.05) is 19.6 Å². The van der Waals surface area contributed by atoms with Crippen LogP contribution in [0.15, 0.2) is 0 Å². The second-order valence-electron chi connectivity index (χ2n) is 4.68. The van der Waals surface area contributed by atoms with Gasteiger partial charge in [0.05, 0.1) is 5.92 Å². The summed E-state index contributed by atoms with van der Waals surface area (Å²) in [5.41, 5.74) is 0. The summed E-state index contributed by atoms with van der Waals surface area (Å²) in [6.45, 7) is 5.74. The van der Waals surface area contributed by atoms with E-state index in [2.05, 4.69) is 19.2 Å². The van der Waals surface area contributed by atoms with E-state index in [0.29, 0.717) is 32.0 Å². The van der Waals surface area contributed by atoms with Gasteiger partial charge in [0.1, 0.15) is 0 Å². The number of nitrogens with zero attached hydrogens (tertiary/aromatic N) is 1. The van der Waals surface area contributed by atoms with Gasteiger partial charge >= 0.3 is 12.0 Å². The second kappa shape index (κ2) is 5.72. The van der Waals surface area contributed by atoms with Crippen LogP contribution in [0, 0.1) is 11.8 Å². The Balaban J connectivity index is 2.26. The molecule has 0 saturated carbocycles.